The van der Waals surface area contributed by atoms with Gasteiger partial charge in [-0.2, -0.15) is 0 Å². The lowest BCUT2D eigenvalue weighted by Crippen LogP contribution is -2.30. The van der Waals surface area contributed by atoms with Crippen molar-refractivity contribution < 1.29 is 8.78 Å². The molecule has 1 aromatic heterocycles. The van der Waals surface area contributed by atoms with Crippen LogP contribution in [-0.2, 0) is 0 Å². The van der Waals surface area contributed by atoms with Gasteiger partial charge in [0.25, 0.3) is 5.56 Å². The van der Waals surface area contributed by atoms with Crippen LogP contribution in [0, 0.1) is 5.82 Å². The lowest BCUT2D eigenvalue weighted by atomic mass is 10.2. The molecule has 1 aliphatic carbocycles. The maximum atomic E-state index is 13.0. The summed E-state index contributed by atoms with van der Waals surface area (Å²) in [4.78, 5) is 25.2. The number of nitrogens with zero attached hydrogens (tertiary/aromatic N) is 1. The highest BCUT2D eigenvalue weighted by molar-refractivity contribution is 5.78. The third-order valence-electron chi connectivity index (χ3n) is 2.91. The van der Waals surface area contributed by atoms with E-state index >= 15 is 0 Å². The van der Waals surface area contributed by atoms with Gasteiger partial charge in [0.15, 0.2) is 0 Å². The summed E-state index contributed by atoms with van der Waals surface area (Å²) in [6, 6.07) is 2.96. The second kappa shape index (κ2) is 4.95. The molecular weight excluding hydrogens is 254 g/mol. The van der Waals surface area contributed by atoms with Crippen LogP contribution < -0.4 is 11.2 Å². The number of nitrogens with one attached hydrogen (secondary N) is 1. The summed E-state index contributed by atoms with van der Waals surface area (Å²) in [5.41, 5.74) is -1.04. The molecule has 0 radical (unpaired) electrons. The van der Waals surface area contributed by atoms with Crippen LogP contribution >= 0.6 is 0 Å². The number of rotatable bonds is 1. The summed E-state index contributed by atoms with van der Waals surface area (Å²) >= 11 is 0. The molecule has 0 bridgehead atoms. The molecule has 3 rings (SSSR count). The van der Waals surface area contributed by atoms with Gasteiger partial charge in [0.05, 0.1) is 16.9 Å². The summed E-state index contributed by atoms with van der Waals surface area (Å²) in [5.74, 6) is -0.569. The molecule has 1 heterocycles. The van der Waals surface area contributed by atoms with Gasteiger partial charge in [0.1, 0.15) is 12.0 Å². The van der Waals surface area contributed by atoms with Crippen molar-refractivity contribution in [3.05, 3.63) is 44.9 Å². The molecule has 1 aliphatic rings. The Labute approximate surface area is 107 Å². The Kier molecular flexibility index (Phi) is 3.50. The zero-order chi connectivity index (χ0) is 14.2. The van der Waals surface area contributed by atoms with Crippen molar-refractivity contribution >= 4 is 10.9 Å². The smallest absolute Gasteiger partial charge is 0.287 e. The maximum Gasteiger partial charge on any atom is 0.329 e. The molecule has 2 aromatic rings. The third-order valence-corrected chi connectivity index (χ3v) is 2.91. The molecule has 4 nitrogen and oxygen atoms in total. The molecule has 0 saturated heterocycles. The summed E-state index contributed by atoms with van der Waals surface area (Å²) in [5, 5.41) is 0.0590. The first-order valence-electron chi connectivity index (χ1n) is 6.16. The van der Waals surface area contributed by atoms with E-state index in [1.54, 1.807) is 0 Å². The highest BCUT2D eigenvalue weighted by Crippen LogP contribution is 2.38. The molecule has 2 atom stereocenters. The number of benzene rings is 1. The van der Waals surface area contributed by atoms with E-state index in [0.29, 0.717) is 0 Å². The minimum absolute atomic E-state index is 0.0590. The Morgan fingerprint density at radius 2 is 1.95 bits per heavy atom. The largest absolute Gasteiger partial charge is 0.329 e. The van der Waals surface area contributed by atoms with E-state index in [9.17, 15) is 18.4 Å². The highest BCUT2D eigenvalue weighted by Gasteiger charge is 2.40. The van der Waals surface area contributed by atoms with Crippen LogP contribution in [0.4, 0.5) is 8.78 Å². The fraction of sp³-hybridized carbons (Fsp3) is 0.385. The summed E-state index contributed by atoms with van der Waals surface area (Å²) < 4.78 is 27.2. The van der Waals surface area contributed by atoms with Gasteiger partial charge in [-0.25, -0.2) is 13.6 Å². The first-order valence-corrected chi connectivity index (χ1v) is 6.16. The number of alkyl halides is 1. The fourth-order valence-electron chi connectivity index (χ4n) is 1.98. The average Bonchev–Trinajstić information content (AvgIpc) is 3.09. The Hall–Kier alpha value is -1.98. The Balaban J connectivity index is 0.000000637. The SMILES string of the molecule is CC.O=c1[nH]c(=O)n(C2CC2F)c2ccc(F)cc12. The van der Waals surface area contributed by atoms with Crippen molar-refractivity contribution in [1.29, 1.82) is 0 Å². The van der Waals surface area contributed by atoms with Crippen molar-refractivity contribution in [3.8, 4) is 0 Å². The lowest BCUT2D eigenvalue weighted by Gasteiger charge is -2.07. The maximum absolute atomic E-state index is 13.0. The van der Waals surface area contributed by atoms with Gasteiger partial charge < -0.3 is 0 Å². The molecule has 0 spiro atoms. The van der Waals surface area contributed by atoms with Crippen LogP contribution in [0.1, 0.15) is 26.3 Å². The topological polar surface area (TPSA) is 54.9 Å². The van der Waals surface area contributed by atoms with E-state index in [2.05, 4.69) is 4.98 Å². The van der Waals surface area contributed by atoms with E-state index in [-0.39, 0.29) is 17.3 Å². The van der Waals surface area contributed by atoms with E-state index in [0.717, 1.165) is 12.1 Å². The normalized spacial score (nSPS) is 20.8. The van der Waals surface area contributed by atoms with Crippen LogP contribution in [0.15, 0.2) is 27.8 Å². The lowest BCUT2D eigenvalue weighted by molar-refractivity contribution is 0.440. The van der Waals surface area contributed by atoms with E-state index in [1.165, 1.54) is 10.6 Å². The molecule has 0 amide bonds. The van der Waals surface area contributed by atoms with Crippen LogP contribution in [0.5, 0.6) is 0 Å². The van der Waals surface area contributed by atoms with Gasteiger partial charge in [-0.3, -0.25) is 14.3 Å². The molecule has 0 aliphatic heterocycles. The van der Waals surface area contributed by atoms with Crippen molar-refractivity contribution in [1.82, 2.24) is 9.55 Å². The average molecular weight is 268 g/mol. The van der Waals surface area contributed by atoms with Gasteiger partial charge in [-0.1, -0.05) is 13.8 Å². The van der Waals surface area contributed by atoms with E-state index in [4.69, 9.17) is 0 Å². The van der Waals surface area contributed by atoms with E-state index < -0.39 is 29.3 Å². The number of hydrogen-bond donors (Lipinski definition) is 1. The molecule has 6 heteroatoms. The van der Waals surface area contributed by atoms with Gasteiger partial charge in [0.2, 0.25) is 0 Å². The first-order chi connectivity index (χ1) is 9.08. The van der Waals surface area contributed by atoms with Gasteiger partial charge in [-0.05, 0) is 18.2 Å². The van der Waals surface area contributed by atoms with Gasteiger partial charge >= 0.3 is 5.69 Å². The minimum Gasteiger partial charge on any atom is -0.287 e. The van der Waals surface area contributed by atoms with Crippen molar-refractivity contribution in [3.63, 3.8) is 0 Å². The number of aromatic amines is 1. The van der Waals surface area contributed by atoms with Gasteiger partial charge in [0, 0.05) is 6.42 Å². The third kappa shape index (κ3) is 2.30. The monoisotopic (exact) mass is 268 g/mol. The predicted octanol–water partition coefficient (Wildman–Crippen LogP) is 2.14. The summed E-state index contributed by atoms with van der Waals surface area (Å²) in [7, 11) is 0. The Morgan fingerprint density at radius 1 is 1.32 bits per heavy atom. The fourth-order valence-corrected chi connectivity index (χ4v) is 1.98. The summed E-state index contributed by atoms with van der Waals surface area (Å²) in [6.07, 6.45) is -0.829. The molecule has 19 heavy (non-hydrogen) atoms. The second-order valence-electron chi connectivity index (χ2n) is 4.11. The Morgan fingerprint density at radius 3 is 2.53 bits per heavy atom. The number of H-pyrrole nitrogens is 1. The van der Waals surface area contributed by atoms with Crippen LogP contribution in [-0.4, -0.2) is 15.7 Å². The number of fused-ring (bicyclic) bond motifs is 1. The summed E-state index contributed by atoms with van der Waals surface area (Å²) in [6.45, 7) is 4.00. The van der Waals surface area contributed by atoms with Crippen LogP contribution in [0.2, 0.25) is 0 Å². The first kappa shape index (κ1) is 13.5. The second-order valence-corrected chi connectivity index (χ2v) is 4.11. The van der Waals surface area contributed by atoms with Gasteiger partial charge in [-0.15, -0.1) is 0 Å². The van der Waals surface area contributed by atoms with Crippen molar-refractivity contribution in [2.45, 2.75) is 32.5 Å². The molecule has 1 saturated carbocycles. The molecular formula is C13H14F2N2O2. The molecule has 1 fully saturated rings. The predicted molar refractivity (Wildman–Crippen MR) is 68.7 cm³/mol. The number of hydrogen-bond acceptors (Lipinski definition) is 2. The van der Waals surface area contributed by atoms with Crippen LogP contribution in [0.25, 0.3) is 10.9 Å². The number of halogens is 2. The standard InChI is InChI=1S/C11H8F2N2O2.C2H6/c12-5-1-2-8-6(3-5)10(16)14-11(17)15(8)9-4-7(9)13;1-2/h1-3,7,9H,4H2,(H,14,16,17);1-2H3. The zero-order valence-electron chi connectivity index (χ0n) is 10.6. The highest BCUT2D eigenvalue weighted by atomic mass is 19.1. The molecule has 1 N–H and O–H groups in total. The number of aromatic nitrogens is 2. The quantitative estimate of drug-likeness (QED) is 0.861. The molecule has 102 valence electrons. The zero-order valence-corrected chi connectivity index (χ0v) is 10.6. The van der Waals surface area contributed by atoms with Crippen LogP contribution in [0.3, 0.4) is 0 Å². The molecule has 1 aromatic carbocycles. The Bertz CT molecular complexity index is 721. The van der Waals surface area contributed by atoms with E-state index in [1.807, 2.05) is 13.8 Å². The van der Waals surface area contributed by atoms with Crippen molar-refractivity contribution in [2.75, 3.05) is 0 Å². The van der Waals surface area contributed by atoms with Crippen molar-refractivity contribution in [2.24, 2.45) is 0 Å². The minimum atomic E-state index is -1.08. The molecule has 2 unspecified atom stereocenters.